The number of fused-ring (bicyclic) bond motifs is 4. The predicted molar refractivity (Wildman–Crippen MR) is 152 cm³/mol. The maximum absolute atomic E-state index is 13.9. The van der Waals surface area contributed by atoms with Crippen LogP contribution in [0.1, 0.15) is 41.0 Å². The number of carbonyl (C=O) groups excluding carboxylic acids is 4. The van der Waals surface area contributed by atoms with Crippen LogP contribution in [-0.4, -0.2) is 67.0 Å². The Hall–Kier alpha value is -3.36. The molecule has 2 N–H and O–H groups in total. The number of alkyl halides is 2. The molecule has 214 valence electrons. The molecule has 0 spiro atoms. The van der Waals surface area contributed by atoms with Crippen LogP contribution < -0.4 is 0 Å². The van der Waals surface area contributed by atoms with Crippen LogP contribution in [0.4, 0.5) is 0 Å². The monoisotopic (exact) mass is 596 g/mol. The second kappa shape index (κ2) is 9.33. The number of hydrogen-bond acceptors (Lipinski definition) is 6. The topological polar surface area (TPSA) is 115 Å². The van der Waals surface area contributed by atoms with Crippen molar-refractivity contribution in [3.05, 3.63) is 70.3 Å². The number of aromatic hydroxyl groups is 2. The van der Waals surface area contributed by atoms with Crippen molar-refractivity contribution < 1.29 is 29.4 Å². The highest BCUT2D eigenvalue weighted by Gasteiger charge is 2.75. The van der Waals surface area contributed by atoms with Gasteiger partial charge >= 0.3 is 0 Å². The number of nitrogens with zero attached hydrogens (tertiary/aromatic N) is 2. The molecule has 2 saturated heterocycles. The van der Waals surface area contributed by atoms with Gasteiger partial charge in [0.15, 0.2) is 9.75 Å². The smallest absolute Gasteiger partial charge is 0.253 e. The van der Waals surface area contributed by atoms with Crippen molar-refractivity contribution in [1.82, 2.24) is 9.80 Å². The number of rotatable bonds is 4. The summed E-state index contributed by atoms with van der Waals surface area (Å²) in [7, 11) is 1.36. The average molecular weight is 597 g/mol. The molecule has 4 aliphatic rings. The van der Waals surface area contributed by atoms with Gasteiger partial charge in [-0.15, -0.1) is 23.2 Å². The van der Waals surface area contributed by atoms with E-state index in [1.807, 2.05) is 6.08 Å². The van der Waals surface area contributed by atoms with Gasteiger partial charge in [-0.05, 0) is 73.4 Å². The van der Waals surface area contributed by atoms with Crippen LogP contribution in [0, 0.1) is 31.6 Å². The lowest BCUT2D eigenvalue weighted by atomic mass is 9.56. The lowest BCUT2D eigenvalue weighted by Crippen LogP contribution is -2.60. The first-order valence-electron chi connectivity index (χ1n) is 13.6. The third kappa shape index (κ3) is 3.73. The Labute approximate surface area is 247 Å². The van der Waals surface area contributed by atoms with Gasteiger partial charge in [-0.2, -0.15) is 0 Å². The number of halogens is 2. The number of amides is 4. The average Bonchev–Trinajstić information content (AvgIpc) is 3.25. The Morgan fingerprint density at radius 2 is 1.56 bits per heavy atom. The Balaban J connectivity index is 1.42. The summed E-state index contributed by atoms with van der Waals surface area (Å²) in [5, 5.41) is 20.0. The maximum Gasteiger partial charge on any atom is 0.253 e. The molecule has 0 unspecified atom stereocenters. The Morgan fingerprint density at radius 1 is 0.927 bits per heavy atom. The van der Waals surface area contributed by atoms with Crippen LogP contribution in [0.5, 0.6) is 11.5 Å². The number of phenols is 2. The van der Waals surface area contributed by atoms with Crippen molar-refractivity contribution in [3.63, 3.8) is 0 Å². The van der Waals surface area contributed by atoms with Crippen LogP contribution >= 0.6 is 23.2 Å². The van der Waals surface area contributed by atoms with Crippen molar-refractivity contribution in [3.8, 4) is 11.5 Å². The number of aryl methyl sites for hydroxylation is 2. The number of hydrogen-bond donors (Lipinski definition) is 2. The maximum atomic E-state index is 13.9. The molecule has 0 aromatic heterocycles. The van der Waals surface area contributed by atoms with Gasteiger partial charge in [0.2, 0.25) is 11.8 Å². The van der Waals surface area contributed by atoms with E-state index in [4.69, 9.17) is 23.2 Å². The van der Waals surface area contributed by atoms with Crippen molar-refractivity contribution in [1.29, 1.82) is 0 Å². The summed E-state index contributed by atoms with van der Waals surface area (Å²) in [6.07, 6.45) is 2.57. The SMILES string of the molecule is Cc1cc([C@H]2C3=CC[C@@H]4C(=O)N(CCc5ccc(O)cc5)C(=O)[C@@H]4[C@@H]3C[C@@]3(Cl)C(=O)N(C)C(=O)[C@@]23Cl)cc(C)c1O. The summed E-state index contributed by atoms with van der Waals surface area (Å²) < 4.78 is 0. The highest BCUT2D eigenvalue weighted by molar-refractivity contribution is 6.53. The third-order valence-electron chi connectivity index (χ3n) is 9.51. The lowest BCUT2D eigenvalue weighted by molar-refractivity contribution is -0.141. The van der Waals surface area contributed by atoms with Crippen molar-refractivity contribution >= 4 is 46.8 Å². The molecule has 6 rings (SSSR count). The summed E-state index contributed by atoms with van der Waals surface area (Å²) in [5.41, 5.74) is 3.37. The van der Waals surface area contributed by atoms with E-state index in [0.29, 0.717) is 29.5 Å². The van der Waals surface area contributed by atoms with Gasteiger partial charge in [0, 0.05) is 19.5 Å². The fourth-order valence-electron chi connectivity index (χ4n) is 7.46. The molecule has 2 aliphatic carbocycles. The zero-order valence-electron chi connectivity index (χ0n) is 22.9. The number of benzene rings is 2. The summed E-state index contributed by atoms with van der Waals surface area (Å²) in [6.45, 7) is 3.67. The first-order chi connectivity index (χ1) is 19.3. The lowest BCUT2D eigenvalue weighted by Gasteiger charge is -2.51. The van der Waals surface area contributed by atoms with E-state index < -0.39 is 45.2 Å². The Bertz CT molecular complexity index is 1530. The summed E-state index contributed by atoms with van der Waals surface area (Å²) in [6, 6.07) is 10.1. The van der Waals surface area contributed by atoms with Gasteiger partial charge < -0.3 is 10.2 Å². The Kier molecular flexibility index (Phi) is 6.32. The first kappa shape index (κ1) is 27.8. The third-order valence-corrected chi connectivity index (χ3v) is 10.9. The van der Waals surface area contributed by atoms with Crippen LogP contribution in [-0.2, 0) is 25.6 Å². The standard InChI is InChI=1S/C31H30Cl2N2O6/c1-15-12-18(13-16(2)25(15)37)24-20-8-9-21-23(22(20)14-30(32)28(40)34(3)29(41)31(24,30)33)27(39)35(26(21)38)11-10-17-4-6-19(36)7-5-17/h4-8,12-13,21-24,36-37H,9-11,14H2,1-3H3/t21-,22+,23-,24-,30+,31-/m0/s1. The number of carbonyl (C=O) groups is 4. The highest BCUT2D eigenvalue weighted by Crippen LogP contribution is 2.65. The summed E-state index contributed by atoms with van der Waals surface area (Å²) in [5.74, 6) is -4.36. The molecule has 3 fully saturated rings. The normalized spacial score (nSPS) is 32.7. The van der Waals surface area contributed by atoms with Gasteiger partial charge in [-0.25, -0.2) is 0 Å². The number of allylic oxidation sites excluding steroid dienone is 2. The highest BCUT2D eigenvalue weighted by atomic mass is 35.5. The van der Waals surface area contributed by atoms with Crippen LogP contribution in [0.15, 0.2) is 48.0 Å². The zero-order valence-corrected chi connectivity index (χ0v) is 24.4. The fourth-order valence-corrected chi connectivity index (χ4v) is 8.48. The van der Waals surface area contributed by atoms with Crippen molar-refractivity contribution in [2.24, 2.45) is 17.8 Å². The van der Waals surface area contributed by atoms with E-state index >= 15 is 0 Å². The largest absolute Gasteiger partial charge is 0.508 e. The minimum atomic E-state index is -1.85. The van der Waals surface area contributed by atoms with Crippen LogP contribution in [0.3, 0.4) is 0 Å². The molecule has 8 nitrogen and oxygen atoms in total. The minimum absolute atomic E-state index is 0.0582. The van der Waals surface area contributed by atoms with Gasteiger partial charge in [0.25, 0.3) is 11.8 Å². The summed E-state index contributed by atoms with van der Waals surface area (Å²) >= 11 is 14.4. The Morgan fingerprint density at radius 3 is 2.20 bits per heavy atom. The molecule has 0 bridgehead atoms. The number of imide groups is 2. The molecule has 41 heavy (non-hydrogen) atoms. The molecule has 1 saturated carbocycles. The number of phenolic OH excluding ortho intramolecular Hbond substituents is 2. The van der Waals surface area contributed by atoms with Crippen molar-refractivity contribution in [2.45, 2.75) is 48.8 Å². The van der Waals surface area contributed by atoms with Gasteiger partial charge in [0.05, 0.1) is 11.8 Å². The second-order valence-corrected chi connectivity index (χ2v) is 13.0. The van der Waals surface area contributed by atoms with E-state index in [0.717, 1.165) is 16.0 Å². The quantitative estimate of drug-likeness (QED) is 0.314. The van der Waals surface area contributed by atoms with Gasteiger partial charge in [-0.3, -0.25) is 29.0 Å². The molecule has 4 amide bonds. The molecule has 10 heteroatoms. The van der Waals surface area contributed by atoms with Gasteiger partial charge in [0.1, 0.15) is 11.5 Å². The molecule has 2 heterocycles. The first-order valence-corrected chi connectivity index (χ1v) is 14.4. The second-order valence-electron chi connectivity index (χ2n) is 11.7. The molecular weight excluding hydrogens is 567 g/mol. The predicted octanol–water partition coefficient (Wildman–Crippen LogP) is 3.95. The van der Waals surface area contributed by atoms with E-state index in [-0.39, 0.29) is 36.3 Å². The van der Waals surface area contributed by atoms with Gasteiger partial charge in [-0.1, -0.05) is 35.9 Å². The molecule has 0 radical (unpaired) electrons. The van der Waals surface area contributed by atoms with E-state index in [1.54, 1.807) is 50.2 Å². The summed E-state index contributed by atoms with van der Waals surface area (Å²) in [4.78, 5) is 53.3. The molecule has 2 aromatic rings. The van der Waals surface area contributed by atoms with E-state index in [1.165, 1.54) is 11.9 Å². The number of likely N-dealkylation sites (tertiary alicyclic amines) is 2. The fraction of sp³-hybridized carbons (Fsp3) is 0.419. The van der Waals surface area contributed by atoms with Crippen molar-refractivity contribution in [2.75, 3.05) is 13.6 Å². The minimum Gasteiger partial charge on any atom is -0.508 e. The van der Waals surface area contributed by atoms with E-state index in [2.05, 4.69) is 0 Å². The molecular formula is C31H30Cl2N2O6. The zero-order chi connectivity index (χ0) is 29.6. The molecule has 2 aromatic carbocycles. The van der Waals surface area contributed by atoms with Crippen LogP contribution in [0.2, 0.25) is 0 Å². The van der Waals surface area contributed by atoms with E-state index in [9.17, 15) is 29.4 Å². The molecule has 6 atom stereocenters. The molecule has 2 aliphatic heterocycles. The van der Waals surface area contributed by atoms with Crippen LogP contribution in [0.25, 0.3) is 0 Å².